The lowest BCUT2D eigenvalue weighted by atomic mass is 9.57. The van der Waals surface area contributed by atoms with Crippen molar-refractivity contribution in [2.24, 2.45) is 11.1 Å². The zero-order valence-corrected chi connectivity index (χ0v) is 10.8. The Hall–Kier alpha value is -0.610. The average molecular weight is 240 g/mol. The second kappa shape index (κ2) is 4.94. The van der Waals surface area contributed by atoms with Crippen LogP contribution in [0.5, 0.6) is 0 Å². The Kier molecular flexibility index (Phi) is 3.73. The van der Waals surface area contributed by atoms with Gasteiger partial charge in [-0.05, 0) is 44.9 Å². The second-order valence-electron chi connectivity index (χ2n) is 5.74. The first-order valence-corrected chi connectivity index (χ1v) is 6.66. The van der Waals surface area contributed by atoms with Crippen LogP contribution in [-0.2, 0) is 9.53 Å². The zero-order chi connectivity index (χ0) is 12.4. The van der Waals surface area contributed by atoms with Crippen LogP contribution in [0.3, 0.4) is 0 Å². The van der Waals surface area contributed by atoms with E-state index < -0.39 is 0 Å². The van der Waals surface area contributed by atoms with E-state index in [1.165, 1.54) is 0 Å². The molecular weight excluding hydrogens is 216 g/mol. The summed E-state index contributed by atoms with van der Waals surface area (Å²) >= 11 is 0. The van der Waals surface area contributed by atoms with Crippen molar-refractivity contribution in [3.05, 3.63) is 0 Å². The summed E-state index contributed by atoms with van der Waals surface area (Å²) in [6.07, 6.45) is 6.84. The van der Waals surface area contributed by atoms with Gasteiger partial charge in [-0.1, -0.05) is 0 Å². The van der Waals surface area contributed by atoms with E-state index in [2.05, 4.69) is 5.32 Å². The molecule has 4 nitrogen and oxygen atoms in total. The molecule has 3 saturated carbocycles. The summed E-state index contributed by atoms with van der Waals surface area (Å²) in [4.78, 5) is 12.3. The van der Waals surface area contributed by atoms with Crippen molar-refractivity contribution in [3.63, 3.8) is 0 Å². The molecule has 0 atom stereocenters. The molecule has 0 aromatic carbocycles. The summed E-state index contributed by atoms with van der Waals surface area (Å²) in [5, 5.41) is 3.06. The molecule has 4 heteroatoms. The van der Waals surface area contributed by atoms with Crippen molar-refractivity contribution in [2.45, 2.75) is 50.5 Å². The predicted molar refractivity (Wildman–Crippen MR) is 66.6 cm³/mol. The van der Waals surface area contributed by atoms with E-state index >= 15 is 0 Å². The fourth-order valence-electron chi connectivity index (χ4n) is 3.16. The molecule has 2 bridgehead atoms. The topological polar surface area (TPSA) is 64.3 Å². The summed E-state index contributed by atoms with van der Waals surface area (Å²) in [5.74, 6) is 0.246. The van der Waals surface area contributed by atoms with Gasteiger partial charge in [-0.3, -0.25) is 4.79 Å². The fourth-order valence-corrected chi connectivity index (χ4v) is 3.16. The molecule has 0 radical (unpaired) electrons. The van der Waals surface area contributed by atoms with E-state index in [4.69, 9.17) is 10.5 Å². The van der Waals surface area contributed by atoms with Crippen molar-refractivity contribution in [3.8, 4) is 0 Å². The number of carbonyl (C=O) groups is 1. The van der Waals surface area contributed by atoms with Crippen LogP contribution in [0.2, 0.25) is 0 Å². The third-order valence-corrected chi connectivity index (χ3v) is 4.60. The maximum Gasteiger partial charge on any atom is 0.226 e. The van der Waals surface area contributed by atoms with Crippen LogP contribution in [-0.4, -0.2) is 31.7 Å². The minimum Gasteiger partial charge on any atom is -0.385 e. The van der Waals surface area contributed by atoms with Gasteiger partial charge in [0.2, 0.25) is 5.91 Å². The lowest BCUT2D eigenvalue weighted by molar-refractivity contribution is -0.137. The molecule has 0 saturated heterocycles. The SMILES string of the molecule is COCCCNC(=O)C12CCC(N)(CC1)CC2. The summed E-state index contributed by atoms with van der Waals surface area (Å²) in [6, 6.07) is 0. The quantitative estimate of drug-likeness (QED) is 0.709. The smallest absolute Gasteiger partial charge is 0.226 e. The van der Waals surface area contributed by atoms with Gasteiger partial charge in [0.1, 0.15) is 0 Å². The molecule has 98 valence electrons. The van der Waals surface area contributed by atoms with Crippen LogP contribution in [0.1, 0.15) is 44.9 Å². The Morgan fingerprint density at radius 3 is 2.35 bits per heavy atom. The number of nitrogens with two attached hydrogens (primary N) is 1. The maximum atomic E-state index is 12.3. The number of rotatable bonds is 5. The van der Waals surface area contributed by atoms with Crippen molar-refractivity contribution in [1.29, 1.82) is 0 Å². The van der Waals surface area contributed by atoms with E-state index in [9.17, 15) is 4.79 Å². The number of hydrogen-bond acceptors (Lipinski definition) is 3. The molecule has 1 amide bonds. The second-order valence-corrected chi connectivity index (χ2v) is 5.74. The Labute approximate surface area is 103 Å². The third kappa shape index (κ3) is 2.63. The third-order valence-electron chi connectivity index (χ3n) is 4.60. The molecule has 3 aliphatic rings. The predicted octanol–water partition coefficient (Wildman–Crippen LogP) is 1.19. The highest BCUT2D eigenvalue weighted by atomic mass is 16.5. The van der Waals surface area contributed by atoms with Gasteiger partial charge in [0.15, 0.2) is 0 Å². The van der Waals surface area contributed by atoms with Gasteiger partial charge in [0.05, 0.1) is 0 Å². The highest BCUT2D eigenvalue weighted by Crippen LogP contribution is 2.51. The number of fused-ring (bicyclic) bond motifs is 3. The maximum absolute atomic E-state index is 12.3. The number of carbonyl (C=O) groups excluding carboxylic acids is 1. The van der Waals surface area contributed by atoms with Gasteiger partial charge in [-0.2, -0.15) is 0 Å². The van der Waals surface area contributed by atoms with Crippen LogP contribution in [0.25, 0.3) is 0 Å². The van der Waals surface area contributed by atoms with E-state index in [1.807, 2.05) is 0 Å². The van der Waals surface area contributed by atoms with E-state index in [-0.39, 0.29) is 16.9 Å². The molecule has 0 heterocycles. The first-order valence-electron chi connectivity index (χ1n) is 6.66. The molecule has 0 aliphatic heterocycles. The molecule has 3 fully saturated rings. The minimum atomic E-state index is -0.103. The molecule has 3 aliphatic carbocycles. The standard InChI is InChI=1S/C13H24N2O2/c1-17-10-2-9-15-11(16)12-3-6-13(14,7-4-12)8-5-12/h2-10,14H2,1H3,(H,15,16). The van der Waals surface area contributed by atoms with Crippen LogP contribution in [0, 0.1) is 5.41 Å². The minimum absolute atomic E-state index is 0.0398. The summed E-state index contributed by atoms with van der Waals surface area (Å²) < 4.78 is 4.97. The Bertz CT molecular complexity index is 267. The molecule has 0 unspecified atom stereocenters. The molecule has 0 aromatic heterocycles. The van der Waals surface area contributed by atoms with Gasteiger partial charge in [-0.25, -0.2) is 0 Å². The summed E-state index contributed by atoms with van der Waals surface area (Å²) in [6.45, 7) is 1.43. The Morgan fingerprint density at radius 2 is 1.82 bits per heavy atom. The lowest BCUT2D eigenvalue weighted by Crippen LogP contribution is -2.56. The molecular formula is C13H24N2O2. The van der Waals surface area contributed by atoms with Gasteiger partial charge in [0.25, 0.3) is 0 Å². The van der Waals surface area contributed by atoms with Crippen LogP contribution < -0.4 is 11.1 Å². The van der Waals surface area contributed by atoms with Crippen LogP contribution in [0.15, 0.2) is 0 Å². The highest BCUT2D eigenvalue weighted by molar-refractivity contribution is 5.83. The van der Waals surface area contributed by atoms with Gasteiger partial charge < -0.3 is 15.8 Å². The molecule has 17 heavy (non-hydrogen) atoms. The number of nitrogens with one attached hydrogen (secondary N) is 1. The van der Waals surface area contributed by atoms with Crippen LogP contribution >= 0.6 is 0 Å². The number of ether oxygens (including phenoxy) is 1. The summed E-state index contributed by atoms with van der Waals surface area (Å²) in [7, 11) is 1.68. The van der Waals surface area contributed by atoms with Gasteiger partial charge in [0, 0.05) is 31.2 Å². The Balaban J connectivity index is 1.83. The molecule has 3 N–H and O–H groups in total. The monoisotopic (exact) mass is 240 g/mol. The summed E-state index contributed by atoms with van der Waals surface area (Å²) in [5.41, 5.74) is 6.18. The normalized spacial score (nSPS) is 35.9. The van der Waals surface area contributed by atoms with E-state index in [1.54, 1.807) is 7.11 Å². The lowest BCUT2D eigenvalue weighted by Gasteiger charge is -2.50. The van der Waals surface area contributed by atoms with E-state index in [0.29, 0.717) is 6.61 Å². The van der Waals surface area contributed by atoms with E-state index in [0.717, 1.165) is 51.5 Å². The number of hydrogen-bond donors (Lipinski definition) is 2. The van der Waals surface area contributed by atoms with Crippen molar-refractivity contribution < 1.29 is 9.53 Å². The van der Waals surface area contributed by atoms with Crippen molar-refractivity contribution in [2.75, 3.05) is 20.3 Å². The Morgan fingerprint density at radius 1 is 1.24 bits per heavy atom. The largest absolute Gasteiger partial charge is 0.385 e. The zero-order valence-electron chi connectivity index (χ0n) is 10.8. The number of methoxy groups -OCH3 is 1. The van der Waals surface area contributed by atoms with Crippen molar-refractivity contribution >= 4 is 5.91 Å². The van der Waals surface area contributed by atoms with Gasteiger partial charge >= 0.3 is 0 Å². The van der Waals surface area contributed by atoms with Crippen molar-refractivity contribution in [1.82, 2.24) is 5.32 Å². The molecule has 0 spiro atoms. The number of amides is 1. The van der Waals surface area contributed by atoms with Gasteiger partial charge in [-0.15, -0.1) is 0 Å². The highest BCUT2D eigenvalue weighted by Gasteiger charge is 2.50. The van der Waals surface area contributed by atoms with Crippen LogP contribution in [0.4, 0.5) is 0 Å². The first kappa shape index (κ1) is 12.8. The molecule has 0 aromatic rings. The fraction of sp³-hybridized carbons (Fsp3) is 0.923. The first-order chi connectivity index (χ1) is 8.10. The molecule has 3 rings (SSSR count). The average Bonchev–Trinajstić information content (AvgIpc) is 2.36.